The second kappa shape index (κ2) is 9.65. The summed E-state index contributed by atoms with van der Waals surface area (Å²) in [4.78, 5) is 10.6. The Bertz CT molecular complexity index is 939. The van der Waals surface area contributed by atoms with Gasteiger partial charge in [-0.15, -0.1) is 21.5 Å². The molecule has 0 aliphatic carbocycles. The molecule has 0 spiro atoms. The lowest BCUT2D eigenvalue weighted by Gasteiger charge is -2.18. The fourth-order valence-corrected chi connectivity index (χ4v) is 3.79. The summed E-state index contributed by atoms with van der Waals surface area (Å²) < 4.78 is 1.96. The number of rotatable bonds is 7. The van der Waals surface area contributed by atoms with Gasteiger partial charge in [0.25, 0.3) is 0 Å². The topological polar surface area (TPSA) is 80.0 Å². The number of benzene rings is 1. The molecule has 2 heterocycles. The van der Waals surface area contributed by atoms with Crippen molar-refractivity contribution in [3.8, 4) is 0 Å². The van der Waals surface area contributed by atoms with Crippen LogP contribution >= 0.6 is 11.3 Å². The van der Waals surface area contributed by atoms with Crippen molar-refractivity contribution in [2.75, 3.05) is 6.54 Å². The van der Waals surface area contributed by atoms with Crippen molar-refractivity contribution >= 4 is 17.3 Å². The van der Waals surface area contributed by atoms with E-state index in [0.29, 0.717) is 6.54 Å². The first-order chi connectivity index (χ1) is 13.9. The second-order valence-electron chi connectivity index (χ2n) is 7.09. The molecule has 0 bridgehead atoms. The number of guanidine groups is 1. The summed E-state index contributed by atoms with van der Waals surface area (Å²) >= 11 is 1.76. The van der Waals surface area contributed by atoms with E-state index in [-0.39, 0.29) is 6.04 Å². The highest BCUT2D eigenvalue weighted by Crippen LogP contribution is 2.16. The molecule has 0 saturated heterocycles. The molecule has 29 heavy (non-hydrogen) atoms. The van der Waals surface area contributed by atoms with Crippen molar-refractivity contribution in [1.29, 1.82) is 0 Å². The van der Waals surface area contributed by atoms with E-state index in [2.05, 4.69) is 58.7 Å². The van der Waals surface area contributed by atoms with E-state index in [1.807, 2.05) is 36.7 Å². The van der Waals surface area contributed by atoms with Gasteiger partial charge < -0.3 is 15.2 Å². The molecule has 1 unspecified atom stereocenters. The van der Waals surface area contributed by atoms with E-state index in [9.17, 15) is 0 Å². The number of hydrogen-bond acceptors (Lipinski definition) is 5. The zero-order valence-corrected chi connectivity index (χ0v) is 18.5. The van der Waals surface area contributed by atoms with Gasteiger partial charge in [0, 0.05) is 24.9 Å². The monoisotopic (exact) mass is 411 g/mol. The van der Waals surface area contributed by atoms with Crippen LogP contribution in [0.2, 0.25) is 0 Å². The molecule has 2 N–H and O–H groups in total. The second-order valence-corrected chi connectivity index (χ2v) is 8.38. The maximum Gasteiger partial charge on any atom is 0.192 e. The third-order valence-corrected chi connectivity index (χ3v) is 6.05. The van der Waals surface area contributed by atoms with Gasteiger partial charge in [-0.2, -0.15) is 0 Å². The van der Waals surface area contributed by atoms with Crippen LogP contribution in [0.15, 0.2) is 35.3 Å². The Labute approximate surface area is 176 Å². The molecule has 0 fully saturated rings. The molecular formula is C21H29N7S. The van der Waals surface area contributed by atoms with Crippen LogP contribution in [0.5, 0.6) is 0 Å². The minimum absolute atomic E-state index is 0.132. The quantitative estimate of drug-likeness (QED) is 0.461. The SMILES string of the molecule is Cc1nc(CCNC(=NCc2nnc(C)n2C)NC(C)c2ccccc2)sc1C. The number of aromatic nitrogens is 4. The highest BCUT2D eigenvalue weighted by Gasteiger charge is 2.10. The number of nitrogens with zero attached hydrogens (tertiary/aromatic N) is 5. The van der Waals surface area contributed by atoms with Crippen LogP contribution in [0.3, 0.4) is 0 Å². The fraction of sp³-hybridized carbons (Fsp3) is 0.429. The molecule has 0 aliphatic heterocycles. The van der Waals surface area contributed by atoms with E-state index in [0.717, 1.165) is 41.3 Å². The highest BCUT2D eigenvalue weighted by atomic mass is 32.1. The molecule has 3 aromatic rings. The van der Waals surface area contributed by atoms with Gasteiger partial charge in [0.05, 0.1) is 16.7 Å². The maximum atomic E-state index is 4.74. The Kier molecular flexibility index (Phi) is 6.98. The molecule has 0 saturated carbocycles. The van der Waals surface area contributed by atoms with Gasteiger partial charge in [0.1, 0.15) is 12.4 Å². The van der Waals surface area contributed by atoms with Crippen molar-refractivity contribution in [3.63, 3.8) is 0 Å². The van der Waals surface area contributed by atoms with Crippen molar-refractivity contribution in [3.05, 3.63) is 63.1 Å². The van der Waals surface area contributed by atoms with Crippen LogP contribution in [-0.4, -0.2) is 32.3 Å². The average molecular weight is 412 g/mol. The first kappa shape index (κ1) is 21.0. The fourth-order valence-electron chi connectivity index (χ4n) is 2.86. The van der Waals surface area contributed by atoms with Crippen LogP contribution in [0.1, 0.15) is 45.8 Å². The van der Waals surface area contributed by atoms with Crippen molar-refractivity contribution in [1.82, 2.24) is 30.4 Å². The average Bonchev–Trinajstić information content (AvgIpc) is 3.21. The lowest BCUT2D eigenvalue weighted by Crippen LogP contribution is -2.39. The standard InChI is InChI=1S/C21H29N7S/c1-14-16(3)29-20(24-14)11-12-22-21(23-13-19-27-26-17(4)28(19)5)25-15(2)18-9-7-6-8-10-18/h6-10,15H,11-13H2,1-5H3,(H2,22,23,25). The molecule has 0 aliphatic rings. The summed E-state index contributed by atoms with van der Waals surface area (Å²) in [6, 6.07) is 10.5. The van der Waals surface area contributed by atoms with Crippen LogP contribution in [0.25, 0.3) is 0 Å². The predicted octanol–water partition coefficient (Wildman–Crippen LogP) is 3.24. The summed E-state index contributed by atoms with van der Waals surface area (Å²) in [6.45, 7) is 9.46. The molecule has 2 aromatic heterocycles. The number of thiazole rings is 1. The Morgan fingerprint density at radius 3 is 2.55 bits per heavy atom. The largest absolute Gasteiger partial charge is 0.356 e. The maximum absolute atomic E-state index is 4.74. The number of hydrogen-bond donors (Lipinski definition) is 2. The molecular weight excluding hydrogens is 382 g/mol. The molecule has 7 nitrogen and oxygen atoms in total. The molecule has 0 amide bonds. The van der Waals surface area contributed by atoms with E-state index < -0.39 is 0 Å². The first-order valence-corrected chi connectivity index (χ1v) is 10.6. The van der Waals surface area contributed by atoms with Crippen molar-refractivity contribution < 1.29 is 0 Å². The minimum atomic E-state index is 0.132. The third-order valence-electron chi connectivity index (χ3n) is 4.92. The van der Waals surface area contributed by atoms with Crippen molar-refractivity contribution in [2.24, 2.45) is 12.0 Å². The molecule has 1 aromatic carbocycles. The Balaban J connectivity index is 1.67. The Morgan fingerprint density at radius 1 is 1.17 bits per heavy atom. The Morgan fingerprint density at radius 2 is 1.93 bits per heavy atom. The van der Waals surface area contributed by atoms with Gasteiger partial charge in [-0.3, -0.25) is 0 Å². The van der Waals surface area contributed by atoms with Gasteiger partial charge in [0.2, 0.25) is 0 Å². The zero-order chi connectivity index (χ0) is 20.8. The summed E-state index contributed by atoms with van der Waals surface area (Å²) in [5.74, 6) is 2.47. The summed E-state index contributed by atoms with van der Waals surface area (Å²) in [6.07, 6.45) is 0.864. The summed E-state index contributed by atoms with van der Waals surface area (Å²) in [7, 11) is 1.96. The summed E-state index contributed by atoms with van der Waals surface area (Å²) in [5, 5.41) is 16.4. The Hall–Kier alpha value is -2.74. The van der Waals surface area contributed by atoms with Gasteiger partial charge in [-0.1, -0.05) is 30.3 Å². The van der Waals surface area contributed by atoms with E-state index in [4.69, 9.17) is 4.99 Å². The lowest BCUT2D eigenvalue weighted by atomic mass is 10.1. The zero-order valence-electron chi connectivity index (χ0n) is 17.7. The first-order valence-electron chi connectivity index (χ1n) is 9.81. The van der Waals surface area contributed by atoms with E-state index in [1.165, 1.54) is 10.4 Å². The lowest BCUT2D eigenvalue weighted by molar-refractivity contribution is 0.675. The molecule has 1 atom stereocenters. The van der Waals surface area contributed by atoms with Crippen LogP contribution in [-0.2, 0) is 20.0 Å². The van der Waals surface area contributed by atoms with Gasteiger partial charge >= 0.3 is 0 Å². The number of nitrogens with one attached hydrogen (secondary N) is 2. The predicted molar refractivity (Wildman–Crippen MR) is 118 cm³/mol. The van der Waals surface area contributed by atoms with Gasteiger partial charge in [-0.05, 0) is 33.3 Å². The number of aryl methyl sites for hydroxylation is 3. The van der Waals surface area contributed by atoms with Crippen LogP contribution in [0, 0.1) is 20.8 Å². The molecule has 8 heteroatoms. The summed E-state index contributed by atoms with van der Waals surface area (Å²) in [5.41, 5.74) is 2.33. The smallest absolute Gasteiger partial charge is 0.192 e. The van der Waals surface area contributed by atoms with Gasteiger partial charge in [-0.25, -0.2) is 9.98 Å². The molecule has 3 rings (SSSR count). The minimum Gasteiger partial charge on any atom is -0.356 e. The third kappa shape index (κ3) is 5.63. The number of aliphatic imine (C=N–C) groups is 1. The normalized spacial score (nSPS) is 12.8. The van der Waals surface area contributed by atoms with E-state index >= 15 is 0 Å². The van der Waals surface area contributed by atoms with Crippen LogP contribution < -0.4 is 10.6 Å². The van der Waals surface area contributed by atoms with E-state index in [1.54, 1.807) is 11.3 Å². The molecule has 0 radical (unpaired) electrons. The van der Waals surface area contributed by atoms with Crippen molar-refractivity contribution in [2.45, 2.75) is 46.7 Å². The highest BCUT2D eigenvalue weighted by molar-refractivity contribution is 7.11. The van der Waals surface area contributed by atoms with Crippen LogP contribution in [0.4, 0.5) is 0 Å². The van der Waals surface area contributed by atoms with Gasteiger partial charge in [0.15, 0.2) is 11.8 Å². The molecule has 154 valence electrons.